The van der Waals surface area contributed by atoms with E-state index in [4.69, 9.17) is 11.6 Å². The monoisotopic (exact) mass is 253 g/mol. The maximum Gasteiger partial charge on any atom is 0.249 e. The number of fused-ring (bicyclic) bond motifs is 1. The molecular weight excluding hydrogens is 242 g/mol. The third kappa shape index (κ3) is 1.96. The molecule has 1 saturated heterocycles. The molecule has 90 valence electrons. The number of benzene rings is 1. The second kappa shape index (κ2) is 4.16. The minimum atomic E-state index is 0.375. The minimum absolute atomic E-state index is 0.375. The molecule has 0 amide bonds. The predicted molar refractivity (Wildman–Crippen MR) is 62.5 cm³/mol. The molecule has 0 saturated carbocycles. The van der Waals surface area contributed by atoms with Gasteiger partial charge in [-0.3, -0.25) is 9.53 Å². The molecule has 5 nitrogen and oxygen atoms in total. The van der Waals surface area contributed by atoms with Crippen LogP contribution in [0, 0.1) is 5.21 Å². The number of rotatable bonds is 2. The van der Waals surface area contributed by atoms with E-state index in [-0.39, 0.29) is 0 Å². The SMILES string of the molecule is [O-][n+]1onc2cc(CN3CCCC3)c(Cl)cc21. The standard InChI is InChI=1S/C11H12ClN3O2/c12-9-6-11-10(13-17-15(11)16)5-8(9)7-14-3-1-2-4-14/h5-6H,1-4,7H2. The molecule has 0 unspecified atom stereocenters. The highest BCUT2D eigenvalue weighted by atomic mass is 35.5. The molecule has 1 aliphatic rings. The van der Waals surface area contributed by atoms with Crippen molar-refractivity contribution in [3.05, 3.63) is 27.9 Å². The van der Waals surface area contributed by atoms with Gasteiger partial charge in [0.05, 0.1) is 0 Å². The zero-order valence-electron chi connectivity index (χ0n) is 9.23. The van der Waals surface area contributed by atoms with E-state index in [1.165, 1.54) is 12.8 Å². The summed E-state index contributed by atoms with van der Waals surface area (Å²) in [5.74, 6) is 0. The number of nitrogens with zero attached hydrogens (tertiary/aromatic N) is 3. The van der Waals surface area contributed by atoms with E-state index >= 15 is 0 Å². The third-order valence-electron chi connectivity index (χ3n) is 3.15. The van der Waals surface area contributed by atoms with E-state index in [9.17, 15) is 5.21 Å². The van der Waals surface area contributed by atoms with Crippen LogP contribution in [-0.2, 0) is 6.54 Å². The highest BCUT2D eigenvalue weighted by Gasteiger charge is 2.17. The van der Waals surface area contributed by atoms with Gasteiger partial charge in [0.25, 0.3) is 0 Å². The second-order valence-corrected chi connectivity index (χ2v) is 4.75. The number of likely N-dealkylation sites (tertiary alicyclic amines) is 1. The fraction of sp³-hybridized carbons (Fsp3) is 0.455. The molecule has 3 rings (SSSR count). The smallest absolute Gasteiger partial charge is 0.249 e. The van der Waals surface area contributed by atoms with Crippen LogP contribution in [0.4, 0.5) is 0 Å². The van der Waals surface area contributed by atoms with Crippen molar-refractivity contribution in [2.24, 2.45) is 0 Å². The average molecular weight is 254 g/mol. The molecule has 0 N–H and O–H groups in total. The number of hydrogen-bond donors (Lipinski definition) is 0. The zero-order chi connectivity index (χ0) is 11.8. The Hall–Kier alpha value is -1.33. The van der Waals surface area contributed by atoms with E-state index in [1.807, 2.05) is 6.07 Å². The van der Waals surface area contributed by atoms with Crippen molar-refractivity contribution < 1.29 is 9.53 Å². The van der Waals surface area contributed by atoms with E-state index < -0.39 is 0 Å². The molecule has 1 aromatic heterocycles. The van der Waals surface area contributed by atoms with Crippen LogP contribution in [0.3, 0.4) is 0 Å². The topological polar surface area (TPSA) is 56.2 Å². The summed E-state index contributed by atoms with van der Waals surface area (Å²) in [5, 5.41) is 15.5. The Balaban J connectivity index is 1.95. The van der Waals surface area contributed by atoms with Gasteiger partial charge < -0.3 is 5.21 Å². The second-order valence-electron chi connectivity index (χ2n) is 4.35. The van der Waals surface area contributed by atoms with Gasteiger partial charge in [-0.1, -0.05) is 11.6 Å². The Morgan fingerprint density at radius 1 is 1.41 bits per heavy atom. The van der Waals surface area contributed by atoms with Crippen LogP contribution in [0.25, 0.3) is 11.0 Å². The lowest BCUT2D eigenvalue weighted by atomic mass is 10.2. The summed E-state index contributed by atoms with van der Waals surface area (Å²) in [6.45, 7) is 3.02. The van der Waals surface area contributed by atoms with Crippen LogP contribution in [0.2, 0.25) is 5.02 Å². The molecule has 0 atom stereocenters. The molecule has 0 spiro atoms. The lowest BCUT2D eigenvalue weighted by Gasteiger charge is -2.14. The van der Waals surface area contributed by atoms with Gasteiger partial charge in [0.15, 0.2) is 0 Å². The molecule has 2 aromatic rings. The molecule has 1 aliphatic heterocycles. The van der Waals surface area contributed by atoms with E-state index in [0.717, 1.165) is 25.2 Å². The summed E-state index contributed by atoms with van der Waals surface area (Å²) < 4.78 is 4.53. The Morgan fingerprint density at radius 2 is 2.18 bits per heavy atom. The van der Waals surface area contributed by atoms with Gasteiger partial charge in [-0.2, -0.15) is 0 Å². The normalized spacial score (nSPS) is 17.0. The van der Waals surface area contributed by atoms with Gasteiger partial charge in [0.2, 0.25) is 11.0 Å². The largest absolute Gasteiger partial charge is 0.359 e. The Morgan fingerprint density at radius 3 is 2.94 bits per heavy atom. The first-order chi connectivity index (χ1) is 8.24. The van der Waals surface area contributed by atoms with Gasteiger partial charge in [-0.05, 0) is 36.4 Å². The Labute approximate surface area is 103 Å². The highest BCUT2D eigenvalue weighted by Crippen LogP contribution is 2.23. The van der Waals surface area contributed by atoms with Gasteiger partial charge >= 0.3 is 0 Å². The van der Waals surface area contributed by atoms with Gasteiger partial charge in [0.1, 0.15) is 0 Å². The van der Waals surface area contributed by atoms with Gasteiger partial charge in [-0.25, -0.2) is 0 Å². The summed E-state index contributed by atoms with van der Waals surface area (Å²) in [6.07, 6.45) is 2.48. The van der Waals surface area contributed by atoms with Crippen molar-refractivity contribution in [2.75, 3.05) is 13.1 Å². The maximum atomic E-state index is 11.2. The highest BCUT2D eigenvalue weighted by molar-refractivity contribution is 6.32. The predicted octanol–water partition coefficient (Wildman–Crippen LogP) is 1.71. The lowest BCUT2D eigenvalue weighted by molar-refractivity contribution is -0.782. The molecule has 6 heteroatoms. The number of aromatic nitrogens is 2. The van der Waals surface area contributed by atoms with Crippen LogP contribution >= 0.6 is 11.6 Å². The number of halogens is 1. The maximum absolute atomic E-state index is 11.2. The van der Waals surface area contributed by atoms with Crippen molar-refractivity contribution in [1.29, 1.82) is 0 Å². The fourth-order valence-electron chi connectivity index (χ4n) is 2.24. The first kappa shape index (κ1) is 10.8. The van der Waals surface area contributed by atoms with Crippen molar-refractivity contribution in [1.82, 2.24) is 10.1 Å². The van der Waals surface area contributed by atoms with Gasteiger partial charge in [0, 0.05) is 28.9 Å². The van der Waals surface area contributed by atoms with Crippen molar-refractivity contribution in [3.8, 4) is 0 Å². The Bertz CT molecular complexity index is 549. The van der Waals surface area contributed by atoms with E-state index in [2.05, 4.69) is 14.7 Å². The van der Waals surface area contributed by atoms with Crippen LogP contribution in [-0.4, -0.2) is 23.1 Å². The fourth-order valence-corrected chi connectivity index (χ4v) is 2.46. The third-order valence-corrected chi connectivity index (χ3v) is 3.50. The minimum Gasteiger partial charge on any atom is -0.359 e. The first-order valence-electron chi connectivity index (χ1n) is 5.64. The molecule has 2 heterocycles. The molecule has 1 fully saturated rings. The van der Waals surface area contributed by atoms with Crippen molar-refractivity contribution in [2.45, 2.75) is 19.4 Å². The average Bonchev–Trinajstić information content (AvgIpc) is 2.92. The van der Waals surface area contributed by atoms with Crippen LogP contribution in [0.15, 0.2) is 16.8 Å². The molecule has 1 aromatic carbocycles. The summed E-state index contributed by atoms with van der Waals surface area (Å²) >= 11 is 6.16. The first-order valence-corrected chi connectivity index (χ1v) is 6.02. The lowest BCUT2D eigenvalue weighted by Crippen LogP contribution is -2.22. The summed E-state index contributed by atoms with van der Waals surface area (Å²) in [7, 11) is 0. The van der Waals surface area contributed by atoms with Gasteiger partial charge in [-0.15, -0.1) is 0 Å². The summed E-state index contributed by atoms with van der Waals surface area (Å²) in [6, 6.07) is 3.44. The molecule has 17 heavy (non-hydrogen) atoms. The van der Waals surface area contributed by atoms with E-state index in [1.54, 1.807) is 6.07 Å². The van der Waals surface area contributed by atoms with Crippen molar-refractivity contribution in [3.63, 3.8) is 0 Å². The molecule has 0 radical (unpaired) electrons. The van der Waals surface area contributed by atoms with Crippen LogP contribution in [0.1, 0.15) is 18.4 Å². The quantitative estimate of drug-likeness (QED) is 0.765. The summed E-state index contributed by atoms with van der Waals surface area (Å²) in [4.78, 5) is 2.72. The Kier molecular flexibility index (Phi) is 2.64. The van der Waals surface area contributed by atoms with Crippen molar-refractivity contribution >= 4 is 22.6 Å². The molecule has 0 bridgehead atoms. The molecular formula is C11H12ClN3O2. The molecule has 0 aliphatic carbocycles. The van der Waals surface area contributed by atoms with E-state index in [0.29, 0.717) is 21.0 Å². The zero-order valence-corrected chi connectivity index (χ0v) is 9.98. The van der Waals surface area contributed by atoms with Crippen LogP contribution < -0.4 is 4.90 Å². The number of hydrogen-bond acceptors (Lipinski definition) is 4. The summed E-state index contributed by atoms with van der Waals surface area (Å²) in [5.41, 5.74) is 1.92. The van der Waals surface area contributed by atoms with Crippen LogP contribution in [0.5, 0.6) is 0 Å².